The molecule has 0 radical (unpaired) electrons. The highest BCUT2D eigenvalue weighted by molar-refractivity contribution is 6.16. The van der Waals surface area contributed by atoms with E-state index in [0.29, 0.717) is 11.9 Å². The number of aromatic nitrogens is 2. The van der Waals surface area contributed by atoms with Crippen molar-refractivity contribution in [1.82, 2.24) is 9.55 Å². The van der Waals surface area contributed by atoms with Crippen LogP contribution in [0.5, 0.6) is 0 Å². The van der Waals surface area contributed by atoms with E-state index in [9.17, 15) is 4.39 Å². The van der Waals surface area contributed by atoms with E-state index in [0.717, 1.165) is 23.3 Å². The van der Waals surface area contributed by atoms with Gasteiger partial charge in [-0.2, -0.15) is 0 Å². The first-order valence-electron chi connectivity index (χ1n) is 6.89. The van der Waals surface area contributed by atoms with E-state index in [1.54, 1.807) is 12.1 Å². The second-order valence-electron chi connectivity index (χ2n) is 5.01. The van der Waals surface area contributed by atoms with Crippen molar-refractivity contribution in [1.29, 1.82) is 0 Å². The van der Waals surface area contributed by atoms with Crippen molar-refractivity contribution in [2.24, 2.45) is 0 Å². The van der Waals surface area contributed by atoms with Crippen LogP contribution in [-0.2, 0) is 5.88 Å². The minimum atomic E-state index is -0.226. The molecule has 0 saturated carbocycles. The Bertz CT molecular complexity index is 550. The molecule has 0 aliphatic heterocycles. The number of hydrogen-bond acceptors (Lipinski definition) is 1. The molecule has 1 aromatic heterocycles. The summed E-state index contributed by atoms with van der Waals surface area (Å²) in [7, 11) is 0. The molecule has 19 heavy (non-hydrogen) atoms. The maximum Gasteiger partial charge on any atom is 0.125 e. The molecule has 0 amide bonds. The number of benzene rings is 1. The summed E-state index contributed by atoms with van der Waals surface area (Å²) in [5.74, 6) is 0.954. The first-order chi connectivity index (χ1) is 9.17. The lowest BCUT2D eigenvalue weighted by molar-refractivity contribution is 0.477. The average molecular weight is 283 g/mol. The fourth-order valence-electron chi connectivity index (χ4n) is 2.52. The van der Waals surface area contributed by atoms with Gasteiger partial charge < -0.3 is 4.57 Å². The van der Waals surface area contributed by atoms with Gasteiger partial charge in [0.15, 0.2) is 0 Å². The van der Waals surface area contributed by atoms with Gasteiger partial charge in [0.2, 0.25) is 0 Å². The van der Waals surface area contributed by atoms with E-state index in [-0.39, 0.29) is 5.82 Å². The van der Waals surface area contributed by atoms with Crippen molar-refractivity contribution in [3.63, 3.8) is 0 Å². The molecule has 104 valence electrons. The smallest absolute Gasteiger partial charge is 0.125 e. The number of rotatable bonds is 6. The highest BCUT2D eigenvalue weighted by atomic mass is 35.5. The summed E-state index contributed by atoms with van der Waals surface area (Å²) in [6.45, 7) is 4.34. The summed E-state index contributed by atoms with van der Waals surface area (Å²) in [5, 5.41) is 0. The number of hydrogen-bond donors (Lipinski definition) is 0. The largest absolute Gasteiger partial charge is 0.324 e. The van der Waals surface area contributed by atoms with Crippen LogP contribution in [0.1, 0.15) is 51.4 Å². The van der Waals surface area contributed by atoms with Gasteiger partial charge >= 0.3 is 0 Å². The van der Waals surface area contributed by atoms with E-state index in [4.69, 9.17) is 11.6 Å². The first-order valence-corrected chi connectivity index (χ1v) is 7.43. The summed E-state index contributed by atoms with van der Waals surface area (Å²) in [6.07, 6.45) is 4.67. The summed E-state index contributed by atoms with van der Waals surface area (Å²) in [6, 6.07) is 5.01. The third kappa shape index (κ3) is 3.08. The fraction of sp³-hybridized carbons (Fsp3) is 0.533. The Labute approximate surface area is 118 Å². The Balaban J connectivity index is 2.35. The second kappa shape index (κ2) is 6.38. The van der Waals surface area contributed by atoms with Gasteiger partial charge in [-0.25, -0.2) is 9.37 Å². The molecule has 1 aromatic carbocycles. The summed E-state index contributed by atoms with van der Waals surface area (Å²) in [4.78, 5) is 4.49. The Morgan fingerprint density at radius 2 is 2.16 bits per heavy atom. The Kier molecular flexibility index (Phi) is 4.81. The third-order valence-corrected chi connectivity index (χ3v) is 3.75. The van der Waals surface area contributed by atoms with Crippen molar-refractivity contribution in [2.75, 3.05) is 0 Å². The summed E-state index contributed by atoms with van der Waals surface area (Å²) in [5.41, 5.74) is 1.67. The van der Waals surface area contributed by atoms with Gasteiger partial charge in [-0.3, -0.25) is 0 Å². The second-order valence-corrected chi connectivity index (χ2v) is 5.28. The quantitative estimate of drug-likeness (QED) is 0.535. The van der Waals surface area contributed by atoms with Crippen LogP contribution >= 0.6 is 11.6 Å². The molecule has 2 aromatic rings. The molecule has 0 aliphatic rings. The molecule has 2 rings (SSSR count). The minimum Gasteiger partial charge on any atom is -0.324 e. The molecular weight excluding hydrogens is 263 g/mol. The first kappa shape index (κ1) is 14.3. The van der Waals surface area contributed by atoms with Crippen molar-refractivity contribution >= 4 is 22.6 Å². The molecule has 1 unspecified atom stereocenters. The van der Waals surface area contributed by atoms with E-state index < -0.39 is 0 Å². The van der Waals surface area contributed by atoms with Crippen LogP contribution in [-0.4, -0.2) is 9.55 Å². The molecule has 0 bridgehead atoms. The monoisotopic (exact) mass is 282 g/mol. The zero-order valence-electron chi connectivity index (χ0n) is 11.5. The minimum absolute atomic E-state index is 0.226. The van der Waals surface area contributed by atoms with E-state index in [2.05, 4.69) is 23.4 Å². The van der Waals surface area contributed by atoms with Crippen LogP contribution in [0.3, 0.4) is 0 Å². The Morgan fingerprint density at radius 1 is 1.37 bits per heavy atom. The Morgan fingerprint density at radius 3 is 2.84 bits per heavy atom. The summed E-state index contributed by atoms with van der Waals surface area (Å²) < 4.78 is 15.5. The van der Waals surface area contributed by atoms with Crippen molar-refractivity contribution in [3.8, 4) is 0 Å². The molecule has 1 atom stereocenters. The van der Waals surface area contributed by atoms with Crippen LogP contribution in [0.15, 0.2) is 18.2 Å². The number of halogens is 2. The number of alkyl halides is 1. The maximum absolute atomic E-state index is 13.4. The predicted octanol–water partition coefficient (Wildman–Crippen LogP) is 5.06. The van der Waals surface area contributed by atoms with E-state index >= 15 is 0 Å². The van der Waals surface area contributed by atoms with Gasteiger partial charge in [0.25, 0.3) is 0 Å². The molecule has 0 fully saturated rings. The molecule has 0 spiro atoms. The molecule has 0 aliphatic carbocycles. The third-order valence-electron chi connectivity index (χ3n) is 3.51. The standard InChI is InChI=1S/C15H20ClFN2/c1-3-4-5-6-11(2)19-14-9-12(17)7-8-13(14)18-15(19)10-16/h7-9,11H,3-6,10H2,1-2H3. The number of nitrogens with zero attached hydrogens (tertiary/aromatic N) is 2. The van der Waals surface area contributed by atoms with Crippen LogP contribution in [0.4, 0.5) is 4.39 Å². The topological polar surface area (TPSA) is 17.8 Å². The molecule has 1 heterocycles. The van der Waals surface area contributed by atoms with Gasteiger partial charge in [0.1, 0.15) is 11.6 Å². The highest BCUT2D eigenvalue weighted by Crippen LogP contribution is 2.26. The van der Waals surface area contributed by atoms with Crippen molar-refractivity contribution < 1.29 is 4.39 Å². The maximum atomic E-state index is 13.4. The molecule has 0 saturated heterocycles. The van der Waals surface area contributed by atoms with Gasteiger partial charge in [0.05, 0.1) is 16.9 Å². The highest BCUT2D eigenvalue weighted by Gasteiger charge is 2.15. The van der Waals surface area contributed by atoms with Crippen molar-refractivity contribution in [3.05, 3.63) is 29.8 Å². The lowest BCUT2D eigenvalue weighted by Gasteiger charge is -2.16. The lowest BCUT2D eigenvalue weighted by atomic mass is 10.1. The van der Waals surface area contributed by atoms with Gasteiger partial charge in [-0.05, 0) is 31.5 Å². The lowest BCUT2D eigenvalue weighted by Crippen LogP contribution is -2.08. The van der Waals surface area contributed by atoms with Gasteiger partial charge in [-0.1, -0.05) is 26.2 Å². The van der Waals surface area contributed by atoms with Crippen LogP contribution < -0.4 is 0 Å². The summed E-state index contributed by atoms with van der Waals surface area (Å²) >= 11 is 5.97. The van der Waals surface area contributed by atoms with Crippen LogP contribution in [0.2, 0.25) is 0 Å². The normalized spacial score (nSPS) is 13.1. The van der Waals surface area contributed by atoms with Crippen LogP contribution in [0, 0.1) is 5.82 Å². The van der Waals surface area contributed by atoms with Gasteiger partial charge in [0, 0.05) is 6.04 Å². The molecular formula is C15H20ClFN2. The molecule has 0 N–H and O–H groups in total. The van der Waals surface area contributed by atoms with Crippen LogP contribution in [0.25, 0.3) is 11.0 Å². The van der Waals surface area contributed by atoms with Gasteiger partial charge in [-0.15, -0.1) is 11.6 Å². The SMILES string of the molecule is CCCCCC(C)n1c(CCl)nc2ccc(F)cc21. The molecule has 4 heteroatoms. The number of unbranched alkanes of at least 4 members (excludes halogenated alkanes) is 2. The predicted molar refractivity (Wildman–Crippen MR) is 78.1 cm³/mol. The Hall–Kier alpha value is -1.09. The number of imidazole rings is 1. The molecule has 2 nitrogen and oxygen atoms in total. The fourth-order valence-corrected chi connectivity index (χ4v) is 2.71. The zero-order valence-corrected chi connectivity index (χ0v) is 12.3. The zero-order chi connectivity index (χ0) is 13.8. The average Bonchev–Trinajstić information content (AvgIpc) is 2.76. The number of fused-ring (bicyclic) bond motifs is 1. The van der Waals surface area contributed by atoms with E-state index in [1.807, 2.05) is 0 Å². The van der Waals surface area contributed by atoms with E-state index in [1.165, 1.54) is 25.3 Å². The van der Waals surface area contributed by atoms with Crippen molar-refractivity contribution in [2.45, 2.75) is 51.5 Å².